The zero-order valence-corrected chi connectivity index (χ0v) is 13.9. The number of amides is 1. The topological polar surface area (TPSA) is 66.4 Å². The van der Waals surface area contributed by atoms with E-state index in [1.54, 1.807) is 0 Å². The summed E-state index contributed by atoms with van der Waals surface area (Å²) in [5.74, 6) is -0.111. The van der Waals surface area contributed by atoms with Crippen LogP contribution in [0.3, 0.4) is 0 Å². The van der Waals surface area contributed by atoms with Crippen molar-refractivity contribution < 1.29 is 14.7 Å². The largest absolute Gasteiger partial charge is 0.481 e. The summed E-state index contributed by atoms with van der Waals surface area (Å²) in [4.78, 5) is 23.1. The molecule has 2 N–H and O–H groups in total. The van der Waals surface area contributed by atoms with Crippen LogP contribution >= 0.6 is 23.4 Å². The van der Waals surface area contributed by atoms with Crippen LogP contribution in [0.5, 0.6) is 0 Å². The molecule has 0 radical (unpaired) electrons. The third-order valence-electron chi connectivity index (χ3n) is 4.05. The van der Waals surface area contributed by atoms with E-state index in [0.29, 0.717) is 17.3 Å². The molecule has 1 aliphatic carbocycles. The Balaban J connectivity index is 1.97. The number of rotatable bonds is 7. The number of halogens is 1. The summed E-state index contributed by atoms with van der Waals surface area (Å²) in [7, 11) is 0. The van der Waals surface area contributed by atoms with Crippen LogP contribution < -0.4 is 5.32 Å². The number of nitrogens with one attached hydrogen (secondary N) is 1. The molecule has 1 saturated carbocycles. The van der Waals surface area contributed by atoms with Crippen LogP contribution in [0.4, 0.5) is 0 Å². The van der Waals surface area contributed by atoms with Gasteiger partial charge in [0.1, 0.15) is 0 Å². The van der Waals surface area contributed by atoms with Crippen molar-refractivity contribution in [3.05, 3.63) is 34.9 Å². The lowest BCUT2D eigenvalue weighted by atomic mass is 9.78. The lowest BCUT2D eigenvalue weighted by molar-refractivity contribution is -0.134. The van der Waals surface area contributed by atoms with E-state index in [2.05, 4.69) is 5.32 Å². The Morgan fingerprint density at radius 3 is 2.45 bits per heavy atom. The van der Waals surface area contributed by atoms with Crippen LogP contribution in [-0.4, -0.2) is 35.0 Å². The summed E-state index contributed by atoms with van der Waals surface area (Å²) in [6.07, 6.45) is 3.79. The maximum Gasteiger partial charge on any atom is 0.313 e. The van der Waals surface area contributed by atoms with Gasteiger partial charge in [-0.3, -0.25) is 9.59 Å². The van der Waals surface area contributed by atoms with Gasteiger partial charge in [0.2, 0.25) is 5.91 Å². The van der Waals surface area contributed by atoms with Crippen LogP contribution in [0.25, 0.3) is 0 Å². The minimum absolute atomic E-state index is 0.0447. The van der Waals surface area contributed by atoms with E-state index in [1.165, 1.54) is 11.8 Å². The Labute approximate surface area is 139 Å². The predicted octanol–water partition coefficient (Wildman–Crippen LogP) is 3.09. The average Bonchev–Trinajstić information content (AvgIpc) is 2.98. The number of aliphatic carboxylic acids is 1. The van der Waals surface area contributed by atoms with Crippen LogP contribution in [0.2, 0.25) is 5.02 Å². The first kappa shape index (κ1) is 17.2. The van der Waals surface area contributed by atoms with Crippen molar-refractivity contribution in [1.29, 1.82) is 0 Å². The first-order valence-corrected chi connectivity index (χ1v) is 8.92. The number of carboxylic acids is 1. The fourth-order valence-electron chi connectivity index (χ4n) is 2.96. The molecule has 1 amide bonds. The second-order valence-electron chi connectivity index (χ2n) is 5.50. The van der Waals surface area contributed by atoms with Crippen LogP contribution in [0.1, 0.15) is 31.2 Å². The van der Waals surface area contributed by atoms with Crippen molar-refractivity contribution in [2.45, 2.75) is 31.1 Å². The lowest BCUT2D eigenvalue weighted by Gasteiger charge is -2.28. The fourth-order valence-corrected chi connectivity index (χ4v) is 3.65. The van der Waals surface area contributed by atoms with Crippen molar-refractivity contribution in [1.82, 2.24) is 5.32 Å². The molecule has 120 valence electrons. The van der Waals surface area contributed by atoms with Gasteiger partial charge in [0.15, 0.2) is 0 Å². The maximum absolute atomic E-state index is 12.7. The van der Waals surface area contributed by atoms with Gasteiger partial charge < -0.3 is 10.4 Å². The number of carbonyl (C=O) groups is 2. The van der Waals surface area contributed by atoms with E-state index in [-0.39, 0.29) is 11.7 Å². The van der Waals surface area contributed by atoms with Crippen LogP contribution in [0.15, 0.2) is 24.3 Å². The molecule has 2 rings (SSSR count). The Bertz CT molecular complexity index is 527. The molecule has 1 aromatic rings. The Morgan fingerprint density at radius 2 is 1.86 bits per heavy atom. The normalized spacial score (nSPS) is 16.4. The highest BCUT2D eigenvalue weighted by molar-refractivity contribution is 7.99. The SMILES string of the molecule is O=C(O)CSCCNC(=O)C1(c2ccc(Cl)cc2)CCCC1. The van der Waals surface area contributed by atoms with Gasteiger partial charge in [0, 0.05) is 17.3 Å². The van der Waals surface area contributed by atoms with E-state index in [0.717, 1.165) is 31.2 Å². The first-order chi connectivity index (χ1) is 10.5. The van der Waals surface area contributed by atoms with Crippen LogP contribution in [0, 0.1) is 0 Å². The molecule has 0 spiro atoms. The second-order valence-corrected chi connectivity index (χ2v) is 7.04. The number of benzene rings is 1. The molecule has 0 heterocycles. The summed E-state index contributed by atoms with van der Waals surface area (Å²) in [6, 6.07) is 7.53. The third kappa shape index (κ3) is 4.17. The third-order valence-corrected chi connectivity index (χ3v) is 5.24. The van der Waals surface area contributed by atoms with E-state index < -0.39 is 11.4 Å². The Morgan fingerprint density at radius 1 is 1.23 bits per heavy atom. The molecule has 1 aromatic carbocycles. The average molecular weight is 342 g/mol. The number of carbonyl (C=O) groups excluding carboxylic acids is 1. The summed E-state index contributed by atoms with van der Waals surface area (Å²) in [6.45, 7) is 0.492. The molecule has 0 aliphatic heterocycles. The van der Waals surface area contributed by atoms with Crippen molar-refractivity contribution in [3.63, 3.8) is 0 Å². The molecule has 0 atom stereocenters. The highest BCUT2D eigenvalue weighted by Crippen LogP contribution is 2.41. The zero-order valence-electron chi connectivity index (χ0n) is 12.3. The van der Waals surface area contributed by atoms with Gasteiger partial charge in [-0.25, -0.2) is 0 Å². The predicted molar refractivity (Wildman–Crippen MR) is 89.6 cm³/mol. The summed E-state index contributed by atoms with van der Waals surface area (Å²) in [5.41, 5.74) is 0.562. The standard InChI is InChI=1S/C16H20ClNO3S/c17-13-5-3-12(4-6-13)16(7-1-2-8-16)15(21)18-9-10-22-11-14(19)20/h3-6H,1-2,7-11H2,(H,18,21)(H,19,20). The van der Waals surface area contributed by atoms with E-state index in [1.807, 2.05) is 24.3 Å². The van der Waals surface area contributed by atoms with Gasteiger partial charge in [0.05, 0.1) is 11.2 Å². The van der Waals surface area contributed by atoms with Gasteiger partial charge >= 0.3 is 5.97 Å². The van der Waals surface area contributed by atoms with E-state index in [4.69, 9.17) is 16.7 Å². The van der Waals surface area contributed by atoms with Gasteiger partial charge in [-0.15, -0.1) is 11.8 Å². The molecule has 6 heteroatoms. The molecule has 1 aliphatic rings. The van der Waals surface area contributed by atoms with E-state index in [9.17, 15) is 9.59 Å². The number of hydrogen-bond acceptors (Lipinski definition) is 3. The number of carboxylic acid groups (broad SMARTS) is 1. The van der Waals surface area contributed by atoms with Gasteiger partial charge in [-0.1, -0.05) is 36.6 Å². The quantitative estimate of drug-likeness (QED) is 0.748. The molecular formula is C16H20ClNO3S. The minimum atomic E-state index is -0.829. The highest BCUT2D eigenvalue weighted by atomic mass is 35.5. The zero-order chi connectivity index (χ0) is 16.0. The second kappa shape index (κ2) is 7.88. The Kier molecular flexibility index (Phi) is 6.15. The molecule has 22 heavy (non-hydrogen) atoms. The molecule has 1 fully saturated rings. The molecule has 0 saturated heterocycles. The highest BCUT2D eigenvalue weighted by Gasteiger charge is 2.42. The summed E-state index contributed by atoms with van der Waals surface area (Å²) < 4.78 is 0. The lowest BCUT2D eigenvalue weighted by Crippen LogP contribution is -2.43. The van der Waals surface area contributed by atoms with E-state index >= 15 is 0 Å². The Hall–Kier alpha value is -1.20. The van der Waals surface area contributed by atoms with Gasteiger partial charge in [0.25, 0.3) is 0 Å². The fraction of sp³-hybridized carbons (Fsp3) is 0.500. The van der Waals surface area contributed by atoms with Crippen molar-refractivity contribution in [2.75, 3.05) is 18.1 Å². The minimum Gasteiger partial charge on any atom is -0.481 e. The molecule has 4 nitrogen and oxygen atoms in total. The molecule has 0 aromatic heterocycles. The molecule has 0 bridgehead atoms. The maximum atomic E-state index is 12.7. The van der Waals surface area contributed by atoms with Crippen LogP contribution in [-0.2, 0) is 15.0 Å². The van der Waals surface area contributed by atoms with Gasteiger partial charge in [-0.2, -0.15) is 0 Å². The van der Waals surface area contributed by atoms with Crippen molar-refractivity contribution in [2.24, 2.45) is 0 Å². The summed E-state index contributed by atoms with van der Waals surface area (Å²) in [5, 5.41) is 12.2. The smallest absolute Gasteiger partial charge is 0.313 e. The molecular weight excluding hydrogens is 322 g/mol. The molecule has 0 unspecified atom stereocenters. The van der Waals surface area contributed by atoms with Gasteiger partial charge in [-0.05, 0) is 30.5 Å². The number of thioether (sulfide) groups is 1. The first-order valence-electron chi connectivity index (χ1n) is 7.38. The summed E-state index contributed by atoms with van der Waals surface area (Å²) >= 11 is 7.25. The van der Waals surface area contributed by atoms with Crippen molar-refractivity contribution in [3.8, 4) is 0 Å². The number of hydrogen-bond donors (Lipinski definition) is 2. The van der Waals surface area contributed by atoms with Crippen molar-refractivity contribution >= 4 is 35.2 Å². The monoisotopic (exact) mass is 341 g/mol.